The van der Waals surface area contributed by atoms with Crippen LogP contribution in [0.1, 0.15) is 16.1 Å². The first-order chi connectivity index (χ1) is 8.72. The summed E-state index contributed by atoms with van der Waals surface area (Å²) >= 11 is 0. The Hall–Kier alpha value is -1.66. The van der Waals surface area contributed by atoms with Crippen LogP contribution in [0.15, 0.2) is 12.3 Å². The summed E-state index contributed by atoms with van der Waals surface area (Å²) in [5.74, 6) is -0.223. The van der Waals surface area contributed by atoms with E-state index >= 15 is 0 Å². The van der Waals surface area contributed by atoms with Crippen LogP contribution in [-0.2, 0) is 4.74 Å². The Morgan fingerprint density at radius 1 is 1.44 bits per heavy atom. The summed E-state index contributed by atoms with van der Waals surface area (Å²) in [6, 6.07) is 1.99. The van der Waals surface area contributed by atoms with E-state index in [2.05, 4.69) is 20.7 Å². The van der Waals surface area contributed by atoms with E-state index in [4.69, 9.17) is 4.74 Å². The van der Waals surface area contributed by atoms with E-state index < -0.39 is 0 Å². The third-order valence-electron chi connectivity index (χ3n) is 2.81. The maximum absolute atomic E-state index is 11.9. The Labute approximate surface area is 106 Å². The monoisotopic (exact) mass is 250 g/mol. The number of hydrogen-bond donors (Lipinski definition) is 2. The molecule has 2 heterocycles. The summed E-state index contributed by atoms with van der Waals surface area (Å²) in [5.41, 5.74) is 7.53. The molecule has 0 bridgehead atoms. The molecule has 0 atom stereocenters. The molecule has 0 saturated carbocycles. The highest BCUT2D eigenvalue weighted by Gasteiger charge is 2.19. The summed E-state index contributed by atoms with van der Waals surface area (Å²) in [5, 5.41) is 0. The SMILES string of the molecule is CNNC(=O)c1ncc(C)cc1N1CCOCC1. The van der Waals surface area contributed by atoms with E-state index in [1.807, 2.05) is 13.0 Å². The van der Waals surface area contributed by atoms with Gasteiger partial charge in [-0.05, 0) is 18.6 Å². The number of rotatable bonds is 3. The molecule has 0 aliphatic carbocycles. The maximum Gasteiger partial charge on any atom is 0.286 e. The highest BCUT2D eigenvalue weighted by molar-refractivity contribution is 5.97. The lowest BCUT2D eigenvalue weighted by Gasteiger charge is -2.30. The fourth-order valence-electron chi connectivity index (χ4n) is 1.95. The Kier molecular flexibility index (Phi) is 4.11. The summed E-state index contributed by atoms with van der Waals surface area (Å²) < 4.78 is 5.32. The molecule has 1 amide bonds. The average Bonchev–Trinajstić information content (AvgIpc) is 2.40. The van der Waals surface area contributed by atoms with Crippen molar-refractivity contribution in [2.24, 2.45) is 0 Å². The number of hydrazine groups is 1. The minimum Gasteiger partial charge on any atom is -0.378 e. The smallest absolute Gasteiger partial charge is 0.286 e. The number of aromatic nitrogens is 1. The van der Waals surface area contributed by atoms with E-state index in [1.54, 1.807) is 13.2 Å². The van der Waals surface area contributed by atoms with Crippen molar-refractivity contribution in [3.05, 3.63) is 23.5 Å². The largest absolute Gasteiger partial charge is 0.378 e. The standard InChI is InChI=1S/C12H18N4O2/c1-9-7-10(16-3-5-18-6-4-16)11(14-8-9)12(17)15-13-2/h7-8,13H,3-6H2,1-2H3,(H,15,17). The molecule has 98 valence electrons. The van der Waals surface area contributed by atoms with Gasteiger partial charge in [-0.2, -0.15) is 0 Å². The molecule has 1 saturated heterocycles. The van der Waals surface area contributed by atoms with Crippen LogP contribution in [0.5, 0.6) is 0 Å². The normalized spacial score (nSPS) is 15.6. The van der Waals surface area contributed by atoms with Crippen molar-refractivity contribution >= 4 is 11.6 Å². The zero-order valence-corrected chi connectivity index (χ0v) is 10.7. The van der Waals surface area contributed by atoms with Crippen molar-refractivity contribution in [2.75, 3.05) is 38.3 Å². The van der Waals surface area contributed by atoms with Crippen molar-refractivity contribution in [1.82, 2.24) is 15.8 Å². The van der Waals surface area contributed by atoms with Gasteiger partial charge in [0.2, 0.25) is 0 Å². The van der Waals surface area contributed by atoms with Gasteiger partial charge in [0.05, 0.1) is 18.9 Å². The number of nitrogens with one attached hydrogen (secondary N) is 2. The Balaban J connectivity index is 2.30. The summed E-state index contributed by atoms with van der Waals surface area (Å²) in [4.78, 5) is 18.3. The van der Waals surface area contributed by atoms with Crippen molar-refractivity contribution < 1.29 is 9.53 Å². The molecular formula is C12H18N4O2. The van der Waals surface area contributed by atoms with E-state index in [0.29, 0.717) is 18.9 Å². The van der Waals surface area contributed by atoms with Gasteiger partial charge in [0.15, 0.2) is 5.69 Å². The molecule has 2 N–H and O–H groups in total. The van der Waals surface area contributed by atoms with E-state index in [0.717, 1.165) is 24.3 Å². The number of amides is 1. The minimum atomic E-state index is -0.223. The zero-order chi connectivity index (χ0) is 13.0. The Morgan fingerprint density at radius 2 is 2.17 bits per heavy atom. The molecular weight excluding hydrogens is 232 g/mol. The Morgan fingerprint density at radius 3 is 2.83 bits per heavy atom. The van der Waals surface area contributed by atoms with Crippen LogP contribution >= 0.6 is 0 Å². The van der Waals surface area contributed by atoms with Crippen LogP contribution < -0.4 is 15.8 Å². The number of aryl methyl sites for hydroxylation is 1. The number of pyridine rings is 1. The molecule has 2 rings (SSSR count). The lowest BCUT2D eigenvalue weighted by Crippen LogP contribution is -2.40. The summed E-state index contributed by atoms with van der Waals surface area (Å²) in [6.45, 7) is 4.90. The van der Waals surface area contributed by atoms with Gasteiger partial charge < -0.3 is 9.64 Å². The number of carbonyl (C=O) groups is 1. The molecule has 0 aromatic carbocycles. The first kappa shape index (κ1) is 12.8. The molecule has 1 aromatic heterocycles. The number of ether oxygens (including phenoxy) is 1. The molecule has 1 aliphatic heterocycles. The van der Waals surface area contributed by atoms with Gasteiger partial charge in [-0.3, -0.25) is 10.2 Å². The van der Waals surface area contributed by atoms with Gasteiger partial charge in [0.25, 0.3) is 5.91 Å². The highest BCUT2D eigenvalue weighted by Crippen LogP contribution is 2.21. The molecule has 0 unspecified atom stereocenters. The van der Waals surface area contributed by atoms with E-state index in [9.17, 15) is 4.79 Å². The second-order valence-electron chi connectivity index (χ2n) is 4.18. The number of anilines is 1. The predicted octanol–water partition coefficient (Wildman–Crippen LogP) is 0.0908. The number of nitrogens with zero attached hydrogens (tertiary/aromatic N) is 2. The van der Waals surface area contributed by atoms with Crippen molar-refractivity contribution in [1.29, 1.82) is 0 Å². The minimum absolute atomic E-state index is 0.223. The van der Waals surface area contributed by atoms with Crippen LogP contribution in [0.25, 0.3) is 0 Å². The topological polar surface area (TPSA) is 66.5 Å². The van der Waals surface area contributed by atoms with Gasteiger partial charge in [-0.1, -0.05) is 0 Å². The van der Waals surface area contributed by atoms with E-state index in [-0.39, 0.29) is 5.91 Å². The highest BCUT2D eigenvalue weighted by atomic mass is 16.5. The summed E-state index contributed by atoms with van der Waals surface area (Å²) in [7, 11) is 1.65. The first-order valence-corrected chi connectivity index (χ1v) is 5.99. The zero-order valence-electron chi connectivity index (χ0n) is 10.7. The number of carbonyl (C=O) groups excluding carboxylic acids is 1. The van der Waals surface area contributed by atoms with Crippen molar-refractivity contribution in [3.63, 3.8) is 0 Å². The van der Waals surface area contributed by atoms with Crippen LogP contribution in [0, 0.1) is 6.92 Å². The molecule has 1 aliphatic rings. The molecule has 0 spiro atoms. The first-order valence-electron chi connectivity index (χ1n) is 5.99. The van der Waals surface area contributed by atoms with Gasteiger partial charge in [-0.15, -0.1) is 0 Å². The fourth-order valence-corrected chi connectivity index (χ4v) is 1.95. The van der Waals surface area contributed by atoms with Crippen LogP contribution in [-0.4, -0.2) is 44.2 Å². The predicted molar refractivity (Wildman–Crippen MR) is 68.5 cm³/mol. The van der Waals surface area contributed by atoms with Gasteiger partial charge in [0, 0.05) is 26.3 Å². The molecule has 18 heavy (non-hydrogen) atoms. The van der Waals surface area contributed by atoms with Gasteiger partial charge >= 0.3 is 0 Å². The van der Waals surface area contributed by atoms with Gasteiger partial charge in [-0.25, -0.2) is 10.4 Å². The van der Waals surface area contributed by atoms with E-state index in [1.165, 1.54) is 0 Å². The molecule has 6 nitrogen and oxygen atoms in total. The second kappa shape index (κ2) is 5.79. The molecule has 6 heteroatoms. The number of hydrogen-bond acceptors (Lipinski definition) is 5. The second-order valence-corrected chi connectivity index (χ2v) is 4.18. The Bertz CT molecular complexity index is 430. The lowest BCUT2D eigenvalue weighted by molar-refractivity contribution is 0.0931. The van der Waals surface area contributed by atoms with Crippen molar-refractivity contribution in [3.8, 4) is 0 Å². The quantitative estimate of drug-likeness (QED) is 0.744. The third kappa shape index (κ3) is 2.77. The van der Waals surface area contributed by atoms with Crippen LogP contribution in [0.3, 0.4) is 0 Å². The third-order valence-corrected chi connectivity index (χ3v) is 2.81. The average molecular weight is 250 g/mol. The van der Waals surface area contributed by atoms with Gasteiger partial charge in [0.1, 0.15) is 0 Å². The van der Waals surface area contributed by atoms with Crippen LogP contribution in [0.2, 0.25) is 0 Å². The lowest BCUT2D eigenvalue weighted by atomic mass is 10.2. The number of morpholine rings is 1. The maximum atomic E-state index is 11.9. The molecule has 0 radical (unpaired) electrons. The molecule has 1 fully saturated rings. The fraction of sp³-hybridized carbons (Fsp3) is 0.500. The van der Waals surface area contributed by atoms with Crippen molar-refractivity contribution in [2.45, 2.75) is 6.92 Å². The van der Waals surface area contributed by atoms with Crippen LogP contribution in [0.4, 0.5) is 5.69 Å². The summed E-state index contributed by atoms with van der Waals surface area (Å²) in [6.07, 6.45) is 1.70. The molecule has 1 aromatic rings.